The molecule has 2 heterocycles. The molecule has 164 valence electrons. The SMILES string of the molecule is O=C1C(Nc2ccc(OC(F)(F)F)cc2)=C(c2cccs2)C(=O)N1Cc1ccccc1F. The van der Waals surface area contributed by atoms with Gasteiger partial charge in [-0.15, -0.1) is 24.5 Å². The van der Waals surface area contributed by atoms with Crippen LogP contribution in [0.4, 0.5) is 23.2 Å². The molecule has 0 spiro atoms. The Morgan fingerprint density at radius 1 is 0.938 bits per heavy atom. The maximum Gasteiger partial charge on any atom is 0.573 e. The zero-order valence-corrected chi connectivity index (χ0v) is 17.0. The highest BCUT2D eigenvalue weighted by Crippen LogP contribution is 2.34. The number of carbonyl (C=O) groups is 2. The molecule has 1 aliphatic rings. The Morgan fingerprint density at radius 3 is 2.28 bits per heavy atom. The van der Waals surface area contributed by atoms with Gasteiger partial charge in [0.25, 0.3) is 11.8 Å². The molecule has 0 atom stereocenters. The number of nitrogens with zero attached hydrogens (tertiary/aromatic N) is 1. The molecule has 3 aromatic rings. The summed E-state index contributed by atoms with van der Waals surface area (Å²) >= 11 is 1.24. The van der Waals surface area contributed by atoms with Gasteiger partial charge in [0.15, 0.2) is 0 Å². The number of hydrogen-bond acceptors (Lipinski definition) is 5. The summed E-state index contributed by atoms with van der Waals surface area (Å²) in [6.07, 6.45) is -4.83. The normalized spacial score (nSPS) is 14.3. The van der Waals surface area contributed by atoms with Gasteiger partial charge >= 0.3 is 6.36 Å². The van der Waals surface area contributed by atoms with Crippen LogP contribution in [0, 0.1) is 5.82 Å². The number of carbonyl (C=O) groups excluding carboxylic acids is 2. The van der Waals surface area contributed by atoms with Crippen molar-refractivity contribution in [3.05, 3.63) is 88.0 Å². The van der Waals surface area contributed by atoms with Crippen LogP contribution >= 0.6 is 11.3 Å². The molecule has 1 N–H and O–H groups in total. The molecule has 4 rings (SSSR count). The molecule has 0 radical (unpaired) electrons. The molecule has 2 aromatic carbocycles. The molecule has 1 aliphatic heterocycles. The molecule has 0 fully saturated rings. The maximum absolute atomic E-state index is 14.1. The quantitative estimate of drug-likeness (QED) is 0.405. The second-order valence-corrected chi connectivity index (χ2v) is 7.66. The van der Waals surface area contributed by atoms with Gasteiger partial charge in [-0.25, -0.2) is 4.39 Å². The Bertz CT molecular complexity index is 1190. The number of nitrogens with one attached hydrogen (secondary N) is 1. The van der Waals surface area contributed by atoms with E-state index >= 15 is 0 Å². The first kappa shape index (κ1) is 21.6. The van der Waals surface area contributed by atoms with Gasteiger partial charge in [0.2, 0.25) is 0 Å². The van der Waals surface area contributed by atoms with Gasteiger partial charge < -0.3 is 10.1 Å². The fourth-order valence-corrected chi connectivity index (χ4v) is 3.93. The maximum atomic E-state index is 14.1. The van der Waals surface area contributed by atoms with Crippen LogP contribution < -0.4 is 10.1 Å². The van der Waals surface area contributed by atoms with E-state index in [1.165, 1.54) is 41.7 Å². The standard InChI is InChI=1S/C22H14F4N2O3S/c23-16-5-2-1-4-13(16)12-28-20(29)18(17-6-3-11-32-17)19(21(28)30)27-14-7-9-15(10-8-14)31-22(24,25)26/h1-11,27H,12H2. The summed E-state index contributed by atoms with van der Waals surface area (Å²) in [7, 11) is 0. The van der Waals surface area contributed by atoms with Crippen LogP contribution in [0.15, 0.2) is 71.7 Å². The van der Waals surface area contributed by atoms with Gasteiger partial charge in [0.05, 0.1) is 12.1 Å². The minimum Gasteiger partial charge on any atom is -0.406 e. The second-order valence-electron chi connectivity index (χ2n) is 6.71. The first-order chi connectivity index (χ1) is 15.2. The fraction of sp³-hybridized carbons (Fsp3) is 0.0909. The minimum atomic E-state index is -4.83. The van der Waals surface area contributed by atoms with Crippen LogP contribution in [0.3, 0.4) is 0 Å². The van der Waals surface area contributed by atoms with Crippen LogP contribution in [0.5, 0.6) is 5.75 Å². The number of thiophene rings is 1. The topological polar surface area (TPSA) is 58.6 Å². The van der Waals surface area contributed by atoms with Crippen molar-refractivity contribution in [2.45, 2.75) is 12.9 Å². The number of rotatable bonds is 6. The number of imide groups is 1. The molecule has 0 bridgehead atoms. The molecule has 0 saturated carbocycles. The Kier molecular flexibility index (Phi) is 5.70. The van der Waals surface area contributed by atoms with Crippen molar-refractivity contribution in [2.75, 3.05) is 5.32 Å². The Labute approximate surface area is 183 Å². The van der Waals surface area contributed by atoms with Crippen LogP contribution in [0.25, 0.3) is 5.57 Å². The van der Waals surface area contributed by atoms with E-state index in [4.69, 9.17) is 0 Å². The summed E-state index contributed by atoms with van der Waals surface area (Å²) in [6, 6.07) is 13.9. The lowest BCUT2D eigenvalue weighted by atomic mass is 10.1. The van der Waals surface area contributed by atoms with E-state index in [0.29, 0.717) is 4.88 Å². The highest BCUT2D eigenvalue weighted by Gasteiger charge is 2.40. The highest BCUT2D eigenvalue weighted by atomic mass is 32.1. The minimum absolute atomic E-state index is 0.0433. The number of amides is 2. The van der Waals surface area contributed by atoms with Crippen molar-refractivity contribution in [3.8, 4) is 5.75 Å². The summed E-state index contributed by atoms with van der Waals surface area (Å²) in [4.78, 5) is 27.6. The van der Waals surface area contributed by atoms with Crippen LogP contribution in [0.2, 0.25) is 0 Å². The lowest BCUT2D eigenvalue weighted by Gasteiger charge is -2.16. The zero-order valence-electron chi connectivity index (χ0n) is 16.2. The van der Waals surface area contributed by atoms with Gasteiger partial charge in [-0.2, -0.15) is 0 Å². The monoisotopic (exact) mass is 462 g/mol. The first-order valence-corrected chi connectivity index (χ1v) is 10.1. The average Bonchev–Trinajstić information content (AvgIpc) is 3.33. The Morgan fingerprint density at radius 2 is 1.66 bits per heavy atom. The van der Waals surface area contributed by atoms with Crippen molar-refractivity contribution in [3.63, 3.8) is 0 Å². The molecule has 32 heavy (non-hydrogen) atoms. The lowest BCUT2D eigenvalue weighted by Crippen LogP contribution is -2.32. The van der Waals surface area contributed by atoms with Crippen molar-refractivity contribution < 1.29 is 31.9 Å². The van der Waals surface area contributed by atoms with Crippen molar-refractivity contribution in [2.24, 2.45) is 0 Å². The van der Waals surface area contributed by atoms with E-state index < -0.39 is 29.7 Å². The predicted octanol–water partition coefficient (Wildman–Crippen LogP) is 5.18. The Hall–Kier alpha value is -3.66. The van der Waals surface area contributed by atoms with E-state index in [1.54, 1.807) is 23.6 Å². The molecular weight excluding hydrogens is 448 g/mol. The third-order valence-electron chi connectivity index (χ3n) is 4.58. The first-order valence-electron chi connectivity index (χ1n) is 9.23. The Balaban J connectivity index is 1.64. The fourth-order valence-electron chi connectivity index (χ4n) is 3.17. The average molecular weight is 462 g/mol. The highest BCUT2D eigenvalue weighted by molar-refractivity contribution is 7.11. The molecule has 0 aliphatic carbocycles. The van der Waals surface area contributed by atoms with E-state index in [1.807, 2.05) is 0 Å². The van der Waals surface area contributed by atoms with Gasteiger partial charge in [0, 0.05) is 16.1 Å². The number of benzene rings is 2. The third-order valence-corrected chi connectivity index (χ3v) is 5.47. The summed E-state index contributed by atoms with van der Waals surface area (Å²) < 4.78 is 55.0. The summed E-state index contributed by atoms with van der Waals surface area (Å²) in [5.41, 5.74) is 0.516. The number of alkyl halides is 3. The number of ether oxygens (including phenoxy) is 1. The van der Waals surface area contributed by atoms with E-state index in [2.05, 4.69) is 10.1 Å². The smallest absolute Gasteiger partial charge is 0.406 e. The molecular formula is C22H14F4N2O3S. The van der Waals surface area contributed by atoms with Crippen LogP contribution in [-0.2, 0) is 16.1 Å². The summed E-state index contributed by atoms with van der Waals surface area (Å²) in [5, 5.41) is 4.56. The van der Waals surface area contributed by atoms with Crippen LogP contribution in [0.1, 0.15) is 10.4 Å². The molecule has 1 aromatic heterocycles. The van der Waals surface area contributed by atoms with Crippen molar-refractivity contribution >= 4 is 34.4 Å². The van der Waals surface area contributed by atoms with Gasteiger partial charge in [-0.1, -0.05) is 24.3 Å². The van der Waals surface area contributed by atoms with E-state index in [9.17, 15) is 27.2 Å². The van der Waals surface area contributed by atoms with E-state index in [0.717, 1.165) is 17.0 Å². The number of hydrogen-bond donors (Lipinski definition) is 1. The summed E-state index contributed by atoms with van der Waals surface area (Å²) in [5.74, 6) is -2.24. The number of halogens is 4. The molecule has 10 heteroatoms. The summed E-state index contributed by atoms with van der Waals surface area (Å²) in [6.45, 7) is -0.261. The van der Waals surface area contributed by atoms with Crippen LogP contribution in [-0.4, -0.2) is 23.1 Å². The molecule has 2 amide bonds. The lowest BCUT2D eigenvalue weighted by molar-refractivity contribution is -0.274. The zero-order chi connectivity index (χ0) is 22.9. The molecule has 0 saturated heterocycles. The predicted molar refractivity (Wildman–Crippen MR) is 110 cm³/mol. The van der Waals surface area contributed by atoms with Crippen molar-refractivity contribution in [1.82, 2.24) is 4.90 Å². The largest absolute Gasteiger partial charge is 0.573 e. The second kappa shape index (κ2) is 8.46. The molecule has 0 unspecified atom stereocenters. The molecule has 5 nitrogen and oxygen atoms in total. The number of anilines is 1. The third kappa shape index (κ3) is 4.50. The van der Waals surface area contributed by atoms with E-state index in [-0.39, 0.29) is 29.1 Å². The van der Waals surface area contributed by atoms with Crippen molar-refractivity contribution in [1.29, 1.82) is 0 Å². The van der Waals surface area contributed by atoms with Gasteiger partial charge in [0.1, 0.15) is 17.3 Å². The van der Waals surface area contributed by atoms with Gasteiger partial charge in [-0.05, 0) is 41.8 Å². The van der Waals surface area contributed by atoms with Gasteiger partial charge in [-0.3, -0.25) is 14.5 Å².